The first-order valence-corrected chi connectivity index (χ1v) is 6.69. The minimum atomic E-state index is -1.21. The second-order valence-corrected chi connectivity index (χ2v) is 5.26. The van der Waals surface area contributed by atoms with Crippen LogP contribution in [0.15, 0.2) is 0 Å². The second-order valence-electron chi connectivity index (χ2n) is 5.26. The van der Waals surface area contributed by atoms with Gasteiger partial charge in [0.25, 0.3) is 0 Å². The predicted molar refractivity (Wildman–Crippen MR) is 71.6 cm³/mol. The smallest absolute Gasteiger partial charge is 0.335 e. The summed E-state index contributed by atoms with van der Waals surface area (Å²) in [6.45, 7) is 3.86. The van der Waals surface area contributed by atoms with Crippen molar-refractivity contribution in [3.8, 4) is 0 Å². The number of alkyl halides is 1. The normalized spacial score (nSPS) is 32.3. The Kier molecular flexibility index (Phi) is 6.07. The summed E-state index contributed by atoms with van der Waals surface area (Å²) in [5.74, 6) is -2.10. The summed E-state index contributed by atoms with van der Waals surface area (Å²) in [7, 11) is 0. The lowest BCUT2D eigenvalue weighted by atomic mass is 9.78. The molecule has 8 heteroatoms. The quantitative estimate of drug-likeness (QED) is 0.517. The van der Waals surface area contributed by atoms with Crippen molar-refractivity contribution in [2.24, 2.45) is 11.8 Å². The van der Waals surface area contributed by atoms with Crippen molar-refractivity contribution in [3.63, 3.8) is 0 Å². The van der Waals surface area contributed by atoms with Crippen LogP contribution >= 0.6 is 0 Å². The molecule has 5 atom stereocenters. The molecular weight excluding hydrogens is 283 g/mol. The molecule has 0 radical (unpaired) electrons. The van der Waals surface area contributed by atoms with Gasteiger partial charge >= 0.3 is 5.97 Å². The van der Waals surface area contributed by atoms with Crippen molar-refractivity contribution in [1.82, 2.24) is 5.32 Å². The van der Waals surface area contributed by atoms with Crippen LogP contribution in [0.2, 0.25) is 0 Å². The van der Waals surface area contributed by atoms with Gasteiger partial charge in [0.1, 0.15) is 0 Å². The van der Waals surface area contributed by atoms with E-state index in [1.165, 1.54) is 6.92 Å². The van der Waals surface area contributed by atoms with Gasteiger partial charge in [-0.25, -0.2) is 9.18 Å². The highest BCUT2D eigenvalue weighted by Crippen LogP contribution is 2.32. The van der Waals surface area contributed by atoms with Crippen molar-refractivity contribution >= 4 is 17.8 Å². The molecule has 1 rings (SSSR count). The molecule has 0 aliphatic carbocycles. The Labute approximate surface area is 122 Å². The number of carboxylic acid groups (broad SMARTS) is 1. The summed E-state index contributed by atoms with van der Waals surface area (Å²) in [6.07, 6.45) is -1.79. The Morgan fingerprint density at radius 2 is 2.00 bits per heavy atom. The predicted octanol–water partition coefficient (Wildman–Crippen LogP) is 0.926. The number of rotatable bonds is 5. The molecule has 0 aromatic heterocycles. The number of aliphatic carboxylic acids is 1. The van der Waals surface area contributed by atoms with Gasteiger partial charge in [0.05, 0.1) is 12.1 Å². The standard InChI is InChI=1S/C13H21FN2O5/c1-6-7(2)11(16-8(3)17)12(13(18)19)21-9(6)4-10(15)20-5-14/h6-7,9,11-12,15H,4-5H2,1-3H3,(H,16,17)(H,18,19)/t6-,7+,9-,11+,12-/m1/s1. The molecule has 1 saturated heterocycles. The lowest BCUT2D eigenvalue weighted by Crippen LogP contribution is -2.59. The molecule has 7 nitrogen and oxygen atoms in total. The summed E-state index contributed by atoms with van der Waals surface area (Å²) in [5.41, 5.74) is 0. The lowest BCUT2D eigenvalue weighted by Gasteiger charge is -2.43. The Bertz CT molecular complexity index is 417. The highest BCUT2D eigenvalue weighted by Gasteiger charge is 2.45. The number of carboxylic acids is 1. The van der Waals surface area contributed by atoms with Gasteiger partial charge in [-0.3, -0.25) is 10.2 Å². The van der Waals surface area contributed by atoms with Gasteiger partial charge in [0.15, 0.2) is 12.0 Å². The van der Waals surface area contributed by atoms with E-state index in [9.17, 15) is 19.1 Å². The first-order valence-electron chi connectivity index (χ1n) is 6.69. The number of halogens is 1. The van der Waals surface area contributed by atoms with Gasteiger partial charge in [-0.1, -0.05) is 13.8 Å². The lowest BCUT2D eigenvalue weighted by molar-refractivity contribution is -0.173. The molecule has 1 fully saturated rings. The Balaban J connectivity index is 2.86. The molecule has 120 valence electrons. The molecule has 1 aliphatic heterocycles. The van der Waals surface area contributed by atoms with E-state index in [1.807, 2.05) is 13.8 Å². The molecular formula is C13H21FN2O5. The maximum atomic E-state index is 12.0. The van der Waals surface area contributed by atoms with Crippen LogP contribution in [0.25, 0.3) is 0 Å². The molecule has 0 aromatic carbocycles. The summed E-state index contributed by atoms with van der Waals surface area (Å²) in [4.78, 5) is 22.6. The maximum Gasteiger partial charge on any atom is 0.335 e. The van der Waals surface area contributed by atoms with Gasteiger partial charge in [-0.05, 0) is 11.8 Å². The zero-order valence-corrected chi connectivity index (χ0v) is 12.3. The van der Waals surface area contributed by atoms with Crippen molar-refractivity contribution in [1.29, 1.82) is 5.41 Å². The third-order valence-corrected chi connectivity index (χ3v) is 3.86. The summed E-state index contributed by atoms with van der Waals surface area (Å²) in [5, 5.41) is 19.3. The van der Waals surface area contributed by atoms with E-state index in [-0.39, 0.29) is 30.1 Å². The second kappa shape index (κ2) is 7.35. The van der Waals surface area contributed by atoms with E-state index < -0.39 is 31.1 Å². The van der Waals surface area contributed by atoms with E-state index in [4.69, 9.17) is 10.1 Å². The number of ether oxygens (including phenoxy) is 2. The van der Waals surface area contributed by atoms with E-state index in [0.29, 0.717) is 0 Å². The highest BCUT2D eigenvalue weighted by atomic mass is 19.1. The van der Waals surface area contributed by atoms with Crippen LogP contribution in [0.1, 0.15) is 27.2 Å². The average molecular weight is 304 g/mol. The van der Waals surface area contributed by atoms with Crippen LogP contribution in [-0.2, 0) is 19.1 Å². The Morgan fingerprint density at radius 3 is 2.48 bits per heavy atom. The number of nitrogens with one attached hydrogen (secondary N) is 2. The van der Waals surface area contributed by atoms with Crippen molar-refractivity contribution in [3.05, 3.63) is 0 Å². The fourth-order valence-corrected chi connectivity index (χ4v) is 2.53. The topological polar surface area (TPSA) is 109 Å². The van der Waals surface area contributed by atoms with E-state index in [2.05, 4.69) is 10.1 Å². The molecule has 1 heterocycles. The van der Waals surface area contributed by atoms with E-state index in [1.54, 1.807) is 0 Å². The van der Waals surface area contributed by atoms with Crippen molar-refractivity contribution in [2.75, 3.05) is 6.86 Å². The van der Waals surface area contributed by atoms with E-state index >= 15 is 0 Å². The van der Waals surface area contributed by atoms with Crippen LogP contribution in [0.4, 0.5) is 4.39 Å². The zero-order chi connectivity index (χ0) is 16.2. The fraction of sp³-hybridized carbons (Fsp3) is 0.769. The molecule has 0 saturated carbocycles. The highest BCUT2D eigenvalue weighted by molar-refractivity contribution is 5.78. The van der Waals surface area contributed by atoms with E-state index in [0.717, 1.165) is 0 Å². The van der Waals surface area contributed by atoms with Gasteiger partial charge in [0.2, 0.25) is 12.8 Å². The SMILES string of the molecule is CC(=O)N[C@H]1[C@@H](C)[C@@H](C)[C@@H](CC(=N)OCF)O[C@H]1C(=O)O. The minimum Gasteiger partial charge on any atom is -0.479 e. The van der Waals surface area contributed by atoms with Crippen LogP contribution in [-0.4, -0.2) is 48.0 Å². The number of carbonyl (C=O) groups excluding carboxylic acids is 1. The molecule has 0 unspecified atom stereocenters. The molecule has 21 heavy (non-hydrogen) atoms. The number of hydrogen-bond acceptors (Lipinski definition) is 5. The number of hydrogen-bond donors (Lipinski definition) is 3. The molecule has 0 aromatic rings. The van der Waals surface area contributed by atoms with Gasteiger partial charge < -0.3 is 19.9 Å². The van der Waals surface area contributed by atoms with Gasteiger partial charge in [-0.2, -0.15) is 0 Å². The zero-order valence-electron chi connectivity index (χ0n) is 12.3. The molecule has 3 N–H and O–H groups in total. The molecule has 0 spiro atoms. The minimum absolute atomic E-state index is 0.00794. The molecule has 1 aliphatic rings. The maximum absolute atomic E-state index is 12.0. The van der Waals surface area contributed by atoms with Crippen LogP contribution in [0, 0.1) is 17.2 Å². The van der Waals surface area contributed by atoms with Crippen LogP contribution in [0.3, 0.4) is 0 Å². The molecule has 1 amide bonds. The first-order chi connectivity index (χ1) is 9.77. The first kappa shape index (κ1) is 17.4. The summed E-state index contributed by atoms with van der Waals surface area (Å²) in [6, 6.07) is -0.650. The molecule has 0 bridgehead atoms. The van der Waals surface area contributed by atoms with Gasteiger partial charge in [0, 0.05) is 13.3 Å². The summed E-state index contributed by atoms with van der Waals surface area (Å²) >= 11 is 0. The van der Waals surface area contributed by atoms with Crippen molar-refractivity contribution in [2.45, 2.75) is 45.4 Å². The number of carbonyl (C=O) groups is 2. The fourth-order valence-electron chi connectivity index (χ4n) is 2.53. The third kappa shape index (κ3) is 4.38. The largest absolute Gasteiger partial charge is 0.479 e. The number of amides is 1. The van der Waals surface area contributed by atoms with Crippen molar-refractivity contribution < 1.29 is 28.6 Å². The van der Waals surface area contributed by atoms with Crippen LogP contribution < -0.4 is 5.32 Å². The Morgan fingerprint density at radius 1 is 1.38 bits per heavy atom. The third-order valence-electron chi connectivity index (χ3n) is 3.86. The Hall–Kier alpha value is -1.70. The summed E-state index contributed by atoms with van der Waals surface area (Å²) < 4.78 is 22.0. The monoisotopic (exact) mass is 304 g/mol. The van der Waals surface area contributed by atoms with Crippen LogP contribution in [0.5, 0.6) is 0 Å². The average Bonchev–Trinajstić information content (AvgIpc) is 2.37. The van der Waals surface area contributed by atoms with Gasteiger partial charge in [-0.15, -0.1) is 0 Å².